The fraction of sp³-hybridized carbons (Fsp3) is 0.125. The van der Waals surface area contributed by atoms with Gasteiger partial charge in [-0.25, -0.2) is 4.39 Å². The van der Waals surface area contributed by atoms with Crippen molar-refractivity contribution in [2.75, 3.05) is 0 Å². The predicted molar refractivity (Wildman–Crippen MR) is 47.0 cm³/mol. The molecule has 0 fully saturated rings. The Morgan fingerprint density at radius 1 is 1.31 bits per heavy atom. The van der Waals surface area contributed by atoms with Crippen molar-refractivity contribution < 1.29 is 9.23 Å². The molecular weight excluding hydrogens is 173 g/mol. The van der Waals surface area contributed by atoms with E-state index in [1.54, 1.807) is 12.1 Å². The topological polar surface area (TPSA) is 73.6 Å². The van der Waals surface area contributed by atoms with E-state index < -0.39 is 0 Å². The van der Waals surface area contributed by atoms with Crippen LogP contribution < -0.4 is 11.5 Å². The van der Waals surface area contributed by atoms with Crippen LogP contribution in [0.2, 0.25) is 0 Å². The first-order valence-corrected chi connectivity index (χ1v) is 3.64. The first kappa shape index (κ1) is 9.31. The van der Waals surface area contributed by atoms with Gasteiger partial charge in [-0.2, -0.15) is 0 Å². The molecule has 0 radical (unpaired) electrons. The molecule has 13 heavy (non-hydrogen) atoms. The summed E-state index contributed by atoms with van der Waals surface area (Å²) in [6.07, 6.45) is 0. The highest BCUT2D eigenvalue weighted by Gasteiger charge is 1.93. The van der Waals surface area contributed by atoms with Crippen LogP contribution in [0.1, 0.15) is 5.56 Å². The average molecular weight is 183 g/mol. The van der Waals surface area contributed by atoms with Crippen molar-refractivity contribution in [2.24, 2.45) is 16.6 Å². The van der Waals surface area contributed by atoms with Crippen LogP contribution in [0.25, 0.3) is 0 Å². The lowest BCUT2D eigenvalue weighted by Crippen LogP contribution is -2.22. The largest absolute Gasteiger partial charge is 0.388 e. The molecule has 4 N–H and O–H groups in total. The molecule has 0 spiro atoms. The van der Waals surface area contributed by atoms with Crippen LogP contribution >= 0.6 is 0 Å². The molecule has 0 aliphatic heterocycles. The van der Waals surface area contributed by atoms with Crippen molar-refractivity contribution in [1.29, 1.82) is 0 Å². The molecule has 5 heteroatoms. The maximum absolute atomic E-state index is 12.4. The monoisotopic (exact) mass is 183 g/mol. The molecule has 4 nitrogen and oxygen atoms in total. The van der Waals surface area contributed by atoms with Crippen molar-refractivity contribution >= 4 is 5.96 Å². The van der Waals surface area contributed by atoms with Gasteiger partial charge in [0, 0.05) is 0 Å². The number of oxime groups is 1. The van der Waals surface area contributed by atoms with Crippen molar-refractivity contribution in [2.45, 2.75) is 6.61 Å². The molecule has 0 saturated heterocycles. The predicted octanol–water partition coefficient (Wildman–Crippen LogP) is 0.531. The maximum Gasteiger partial charge on any atom is 0.228 e. The second kappa shape index (κ2) is 4.30. The summed E-state index contributed by atoms with van der Waals surface area (Å²) in [7, 11) is 0. The molecule has 0 amide bonds. The zero-order valence-electron chi connectivity index (χ0n) is 6.90. The van der Waals surface area contributed by atoms with E-state index in [2.05, 4.69) is 5.16 Å². The zero-order valence-corrected chi connectivity index (χ0v) is 6.90. The van der Waals surface area contributed by atoms with E-state index >= 15 is 0 Å². The van der Waals surface area contributed by atoms with E-state index in [0.717, 1.165) is 5.56 Å². The third-order valence-electron chi connectivity index (χ3n) is 1.31. The maximum atomic E-state index is 12.4. The summed E-state index contributed by atoms with van der Waals surface area (Å²) in [6.45, 7) is 0.220. The molecule has 0 bridgehead atoms. The SMILES string of the molecule is NC(N)=NOCc1ccc(F)cc1. The Balaban J connectivity index is 2.46. The fourth-order valence-electron chi connectivity index (χ4n) is 0.762. The van der Waals surface area contributed by atoms with Crippen LogP contribution in [0.3, 0.4) is 0 Å². The molecular formula is C8H10FN3O. The fourth-order valence-corrected chi connectivity index (χ4v) is 0.762. The van der Waals surface area contributed by atoms with E-state index in [4.69, 9.17) is 16.3 Å². The number of guanidine groups is 1. The minimum Gasteiger partial charge on any atom is -0.388 e. The van der Waals surface area contributed by atoms with Crippen molar-refractivity contribution in [3.63, 3.8) is 0 Å². The number of hydrogen-bond acceptors (Lipinski definition) is 2. The van der Waals surface area contributed by atoms with Gasteiger partial charge in [0.05, 0.1) is 0 Å². The van der Waals surface area contributed by atoms with E-state index in [-0.39, 0.29) is 18.4 Å². The molecule has 1 aromatic carbocycles. The highest BCUT2D eigenvalue weighted by Crippen LogP contribution is 2.03. The van der Waals surface area contributed by atoms with E-state index in [0.29, 0.717) is 0 Å². The minimum atomic E-state index is -0.286. The van der Waals surface area contributed by atoms with Crippen LogP contribution in [0.4, 0.5) is 4.39 Å². The lowest BCUT2D eigenvalue weighted by atomic mass is 10.2. The highest BCUT2D eigenvalue weighted by atomic mass is 19.1. The summed E-state index contributed by atoms with van der Waals surface area (Å²) < 4.78 is 12.4. The normalized spacial score (nSPS) is 9.31. The van der Waals surface area contributed by atoms with Gasteiger partial charge in [-0.3, -0.25) is 0 Å². The Hall–Kier alpha value is -1.78. The molecule has 1 rings (SSSR count). The molecule has 0 atom stereocenters. The molecule has 0 unspecified atom stereocenters. The van der Waals surface area contributed by atoms with Crippen LogP contribution in [-0.4, -0.2) is 5.96 Å². The van der Waals surface area contributed by atoms with Gasteiger partial charge >= 0.3 is 0 Å². The molecule has 0 heterocycles. The molecule has 0 aliphatic carbocycles. The van der Waals surface area contributed by atoms with Gasteiger partial charge in [0.15, 0.2) is 0 Å². The smallest absolute Gasteiger partial charge is 0.228 e. The molecule has 0 aliphatic rings. The number of nitrogens with two attached hydrogens (primary N) is 2. The van der Waals surface area contributed by atoms with Gasteiger partial charge in [-0.15, -0.1) is 0 Å². The number of nitrogens with zero attached hydrogens (tertiary/aromatic N) is 1. The average Bonchev–Trinajstić information content (AvgIpc) is 2.08. The van der Waals surface area contributed by atoms with E-state index in [9.17, 15) is 4.39 Å². The Morgan fingerprint density at radius 3 is 2.46 bits per heavy atom. The van der Waals surface area contributed by atoms with E-state index in [1.807, 2.05) is 0 Å². The summed E-state index contributed by atoms with van der Waals surface area (Å²) >= 11 is 0. The summed E-state index contributed by atoms with van der Waals surface area (Å²) in [5.41, 5.74) is 10.8. The second-order valence-corrected chi connectivity index (χ2v) is 2.42. The lowest BCUT2D eigenvalue weighted by molar-refractivity contribution is 0.129. The summed E-state index contributed by atoms with van der Waals surface area (Å²) in [6, 6.07) is 5.87. The van der Waals surface area contributed by atoms with Crippen molar-refractivity contribution in [3.8, 4) is 0 Å². The summed E-state index contributed by atoms with van der Waals surface area (Å²) in [5.74, 6) is -0.423. The van der Waals surface area contributed by atoms with Crippen LogP contribution in [-0.2, 0) is 11.4 Å². The zero-order chi connectivity index (χ0) is 9.68. The van der Waals surface area contributed by atoms with Crippen molar-refractivity contribution in [1.82, 2.24) is 0 Å². The number of benzene rings is 1. The van der Waals surface area contributed by atoms with Gasteiger partial charge in [0.25, 0.3) is 0 Å². The third kappa shape index (κ3) is 3.42. The van der Waals surface area contributed by atoms with Gasteiger partial charge < -0.3 is 16.3 Å². The number of halogens is 1. The summed E-state index contributed by atoms with van der Waals surface area (Å²) in [4.78, 5) is 4.74. The first-order valence-electron chi connectivity index (χ1n) is 3.64. The van der Waals surface area contributed by atoms with Gasteiger partial charge in [0.1, 0.15) is 12.4 Å². The number of hydrogen-bond donors (Lipinski definition) is 2. The minimum absolute atomic E-state index is 0.137. The molecule has 70 valence electrons. The molecule has 1 aromatic rings. The molecule has 0 aromatic heterocycles. The van der Waals surface area contributed by atoms with Crippen LogP contribution in [0.5, 0.6) is 0 Å². The Bertz CT molecular complexity index is 293. The number of rotatable bonds is 3. The molecule has 0 saturated carbocycles. The van der Waals surface area contributed by atoms with Gasteiger partial charge in [-0.1, -0.05) is 12.1 Å². The van der Waals surface area contributed by atoms with Crippen molar-refractivity contribution in [3.05, 3.63) is 35.6 Å². The first-order chi connectivity index (χ1) is 6.18. The standard InChI is InChI=1S/C8H10FN3O/c9-7-3-1-6(2-4-7)5-13-12-8(10)11/h1-4H,5H2,(H4,10,11,12). The third-order valence-corrected chi connectivity index (χ3v) is 1.31. The Kier molecular flexibility index (Phi) is 3.08. The van der Waals surface area contributed by atoms with Crippen LogP contribution in [0, 0.1) is 5.82 Å². The Labute approximate surface area is 75.0 Å². The van der Waals surface area contributed by atoms with Gasteiger partial charge in [-0.05, 0) is 22.9 Å². The lowest BCUT2D eigenvalue weighted by Gasteiger charge is -1.99. The Morgan fingerprint density at radius 2 is 1.92 bits per heavy atom. The summed E-state index contributed by atoms with van der Waals surface area (Å²) in [5, 5.41) is 3.32. The quantitative estimate of drug-likeness (QED) is 0.408. The van der Waals surface area contributed by atoms with Gasteiger partial charge in [0.2, 0.25) is 5.96 Å². The highest BCUT2D eigenvalue weighted by molar-refractivity contribution is 5.74. The van der Waals surface area contributed by atoms with E-state index in [1.165, 1.54) is 12.1 Å². The van der Waals surface area contributed by atoms with Crippen LogP contribution in [0.15, 0.2) is 29.4 Å². The second-order valence-electron chi connectivity index (χ2n) is 2.42.